The highest BCUT2D eigenvalue weighted by Gasteiger charge is 2.41. The van der Waals surface area contributed by atoms with Crippen molar-refractivity contribution in [1.82, 2.24) is 4.90 Å². The number of benzene rings is 2. The molecule has 1 aliphatic heterocycles. The lowest BCUT2D eigenvalue weighted by Gasteiger charge is -2.19. The van der Waals surface area contributed by atoms with Crippen molar-refractivity contribution in [2.24, 2.45) is 0 Å². The summed E-state index contributed by atoms with van der Waals surface area (Å²) >= 11 is 0. The molecule has 0 bridgehead atoms. The van der Waals surface area contributed by atoms with Crippen LogP contribution in [0.2, 0.25) is 0 Å². The van der Waals surface area contributed by atoms with E-state index in [1.54, 1.807) is 26.0 Å². The van der Waals surface area contributed by atoms with Gasteiger partial charge in [0.25, 0.3) is 11.8 Å². The summed E-state index contributed by atoms with van der Waals surface area (Å²) in [5, 5.41) is 2.73. The van der Waals surface area contributed by atoms with Crippen LogP contribution < -0.4 is 14.8 Å². The topological polar surface area (TPSA) is 67.9 Å². The molecule has 0 unspecified atom stereocenters. The third-order valence-electron chi connectivity index (χ3n) is 4.76. The van der Waals surface area contributed by atoms with E-state index in [0.717, 1.165) is 17.0 Å². The normalized spacial score (nSPS) is 14.5. The Morgan fingerprint density at radius 1 is 0.935 bits per heavy atom. The van der Waals surface area contributed by atoms with E-state index in [0.29, 0.717) is 17.1 Å². The monoisotopic (exact) mass is 434 g/mol. The predicted molar refractivity (Wildman–Crippen MR) is 109 cm³/mol. The number of hydrogen-bond acceptors (Lipinski definition) is 5. The van der Waals surface area contributed by atoms with Crippen molar-refractivity contribution in [3.8, 4) is 11.5 Å². The molecule has 1 heterocycles. The average molecular weight is 434 g/mol. The minimum atomic E-state index is -4.54. The van der Waals surface area contributed by atoms with E-state index in [4.69, 9.17) is 9.47 Å². The first kappa shape index (κ1) is 22.2. The number of carbonyl (C=O) groups is 2. The van der Waals surface area contributed by atoms with Gasteiger partial charge in [-0.2, -0.15) is 13.2 Å². The SMILES string of the molecule is COc1ccc(C2=C(Nc3cccc(C(F)(F)F)c3)C(=O)N(C(C)C)C2=O)cc1OC. The maximum absolute atomic E-state index is 13.1. The smallest absolute Gasteiger partial charge is 0.416 e. The maximum Gasteiger partial charge on any atom is 0.416 e. The standard InChI is InChI=1S/C22H21F3N2O4/c1-12(2)27-20(28)18(13-8-9-16(30-3)17(10-13)31-4)19(21(27)29)26-15-7-5-6-14(11-15)22(23,24)25/h5-12,26H,1-4H3. The van der Waals surface area contributed by atoms with E-state index in [9.17, 15) is 22.8 Å². The van der Waals surface area contributed by atoms with Gasteiger partial charge < -0.3 is 14.8 Å². The van der Waals surface area contributed by atoms with Gasteiger partial charge >= 0.3 is 6.18 Å². The van der Waals surface area contributed by atoms with Crippen LogP contribution in [-0.4, -0.2) is 37.0 Å². The fourth-order valence-corrected chi connectivity index (χ4v) is 3.31. The highest BCUT2D eigenvalue weighted by molar-refractivity contribution is 6.36. The number of hydrogen-bond donors (Lipinski definition) is 1. The lowest BCUT2D eigenvalue weighted by molar-refractivity contribution is -0.139. The second kappa shape index (κ2) is 8.33. The molecule has 1 aliphatic rings. The zero-order valence-corrected chi connectivity index (χ0v) is 17.3. The molecule has 9 heteroatoms. The summed E-state index contributed by atoms with van der Waals surface area (Å²) in [7, 11) is 2.89. The number of carbonyl (C=O) groups excluding carboxylic acids is 2. The van der Waals surface area contributed by atoms with Crippen LogP contribution >= 0.6 is 0 Å². The van der Waals surface area contributed by atoms with E-state index in [2.05, 4.69) is 5.32 Å². The summed E-state index contributed by atoms with van der Waals surface area (Å²) in [5.41, 5.74) is -0.534. The zero-order valence-electron chi connectivity index (χ0n) is 17.3. The van der Waals surface area contributed by atoms with Crippen LogP contribution in [0.4, 0.5) is 18.9 Å². The van der Waals surface area contributed by atoms with E-state index in [1.807, 2.05) is 0 Å². The highest BCUT2D eigenvalue weighted by atomic mass is 19.4. The molecular weight excluding hydrogens is 413 g/mol. The molecule has 164 valence electrons. The number of alkyl halides is 3. The molecule has 0 atom stereocenters. The number of ether oxygens (including phenoxy) is 2. The number of imide groups is 1. The van der Waals surface area contributed by atoms with E-state index >= 15 is 0 Å². The van der Waals surface area contributed by atoms with Gasteiger partial charge in [0.15, 0.2) is 11.5 Å². The number of rotatable bonds is 6. The van der Waals surface area contributed by atoms with E-state index in [1.165, 1.54) is 32.4 Å². The van der Waals surface area contributed by atoms with Gasteiger partial charge in [0, 0.05) is 11.7 Å². The lowest BCUT2D eigenvalue weighted by atomic mass is 10.0. The molecule has 2 aromatic carbocycles. The number of halogens is 3. The summed E-state index contributed by atoms with van der Waals surface area (Å²) in [6.07, 6.45) is -4.54. The van der Waals surface area contributed by atoms with Gasteiger partial charge in [-0.25, -0.2) is 0 Å². The fourth-order valence-electron chi connectivity index (χ4n) is 3.31. The molecule has 3 rings (SSSR count). The number of nitrogens with one attached hydrogen (secondary N) is 1. The van der Waals surface area contributed by atoms with Gasteiger partial charge in [-0.05, 0) is 49.7 Å². The Balaban J connectivity index is 2.13. The molecule has 0 saturated heterocycles. The summed E-state index contributed by atoms with van der Waals surface area (Å²) < 4.78 is 49.7. The first-order valence-electron chi connectivity index (χ1n) is 9.37. The van der Waals surface area contributed by atoms with Crippen LogP contribution in [-0.2, 0) is 15.8 Å². The van der Waals surface area contributed by atoms with Crippen molar-refractivity contribution in [2.75, 3.05) is 19.5 Å². The van der Waals surface area contributed by atoms with Gasteiger partial charge in [-0.3, -0.25) is 14.5 Å². The minimum Gasteiger partial charge on any atom is -0.493 e. The third kappa shape index (κ3) is 4.21. The van der Waals surface area contributed by atoms with Gasteiger partial charge in [0.05, 0.1) is 25.4 Å². The Morgan fingerprint density at radius 3 is 2.19 bits per heavy atom. The van der Waals surface area contributed by atoms with E-state index < -0.39 is 29.6 Å². The predicted octanol–water partition coefficient (Wildman–Crippen LogP) is 4.32. The molecular formula is C22H21F3N2O4. The molecule has 31 heavy (non-hydrogen) atoms. The second-order valence-electron chi connectivity index (χ2n) is 7.10. The largest absolute Gasteiger partial charge is 0.493 e. The fraction of sp³-hybridized carbons (Fsp3) is 0.273. The number of anilines is 1. The number of methoxy groups -OCH3 is 2. The Kier molecular flexibility index (Phi) is 5.97. The van der Waals surface area contributed by atoms with Gasteiger partial charge in [-0.1, -0.05) is 12.1 Å². The highest BCUT2D eigenvalue weighted by Crippen LogP contribution is 2.37. The van der Waals surface area contributed by atoms with Crippen molar-refractivity contribution in [2.45, 2.75) is 26.1 Å². The molecule has 1 N–H and O–H groups in total. The molecule has 0 radical (unpaired) electrons. The Morgan fingerprint density at radius 2 is 1.61 bits per heavy atom. The molecule has 0 aromatic heterocycles. The van der Waals surface area contributed by atoms with Gasteiger partial charge in [0.1, 0.15) is 5.70 Å². The number of amides is 2. The van der Waals surface area contributed by atoms with Crippen LogP contribution in [0, 0.1) is 0 Å². The summed E-state index contributed by atoms with van der Waals surface area (Å²) in [4.78, 5) is 27.2. The maximum atomic E-state index is 13.1. The Labute approximate surface area is 177 Å². The molecule has 6 nitrogen and oxygen atoms in total. The molecule has 0 aliphatic carbocycles. The van der Waals surface area contributed by atoms with Crippen LogP contribution in [0.15, 0.2) is 48.2 Å². The minimum absolute atomic E-state index is 0.0366. The van der Waals surface area contributed by atoms with Crippen molar-refractivity contribution in [1.29, 1.82) is 0 Å². The third-order valence-corrected chi connectivity index (χ3v) is 4.76. The van der Waals surface area contributed by atoms with Crippen LogP contribution in [0.25, 0.3) is 5.57 Å². The van der Waals surface area contributed by atoms with Crippen LogP contribution in [0.5, 0.6) is 11.5 Å². The van der Waals surface area contributed by atoms with Crippen molar-refractivity contribution in [3.05, 3.63) is 59.3 Å². The summed E-state index contributed by atoms with van der Waals surface area (Å²) in [6.45, 7) is 3.35. The van der Waals surface area contributed by atoms with Gasteiger partial charge in [-0.15, -0.1) is 0 Å². The molecule has 2 amide bonds. The van der Waals surface area contributed by atoms with Crippen molar-refractivity contribution in [3.63, 3.8) is 0 Å². The second-order valence-corrected chi connectivity index (χ2v) is 7.10. The average Bonchev–Trinajstić information content (AvgIpc) is 2.96. The van der Waals surface area contributed by atoms with E-state index in [-0.39, 0.29) is 17.0 Å². The first-order valence-corrected chi connectivity index (χ1v) is 9.37. The molecule has 0 saturated carbocycles. The molecule has 0 spiro atoms. The quantitative estimate of drug-likeness (QED) is 0.686. The van der Waals surface area contributed by atoms with Crippen molar-refractivity contribution >= 4 is 23.1 Å². The first-order chi connectivity index (χ1) is 14.6. The van der Waals surface area contributed by atoms with Crippen molar-refractivity contribution < 1.29 is 32.2 Å². The number of nitrogens with zero attached hydrogens (tertiary/aromatic N) is 1. The van der Waals surface area contributed by atoms with Gasteiger partial charge in [0.2, 0.25) is 0 Å². The Hall–Kier alpha value is -3.49. The zero-order chi connectivity index (χ0) is 22.9. The summed E-state index contributed by atoms with van der Waals surface area (Å²) in [6, 6.07) is 8.69. The Bertz CT molecular complexity index is 1060. The lowest BCUT2D eigenvalue weighted by Crippen LogP contribution is -2.38. The summed E-state index contributed by atoms with van der Waals surface area (Å²) in [5.74, 6) is -0.408. The van der Waals surface area contributed by atoms with Crippen LogP contribution in [0.1, 0.15) is 25.0 Å². The molecule has 0 fully saturated rings. The molecule has 2 aromatic rings. The van der Waals surface area contributed by atoms with Crippen LogP contribution in [0.3, 0.4) is 0 Å².